The first-order valence-corrected chi connectivity index (χ1v) is 10.2. The van der Waals surface area contributed by atoms with E-state index in [0.29, 0.717) is 11.6 Å². The van der Waals surface area contributed by atoms with Crippen molar-refractivity contribution in [3.63, 3.8) is 0 Å². The molecule has 24 heavy (non-hydrogen) atoms. The molecule has 1 amide bonds. The van der Waals surface area contributed by atoms with E-state index in [1.807, 2.05) is 0 Å². The maximum absolute atomic E-state index is 12.8. The van der Waals surface area contributed by atoms with E-state index in [9.17, 15) is 13.2 Å². The van der Waals surface area contributed by atoms with Crippen LogP contribution in [0.4, 0.5) is 5.69 Å². The van der Waals surface area contributed by atoms with Gasteiger partial charge in [0.1, 0.15) is 0 Å². The van der Waals surface area contributed by atoms with Crippen LogP contribution in [0.5, 0.6) is 0 Å². The van der Waals surface area contributed by atoms with Crippen LogP contribution in [0.3, 0.4) is 0 Å². The fraction of sp³-hybridized carbons (Fsp3) is 0.611. The fourth-order valence-electron chi connectivity index (χ4n) is 3.44. The van der Waals surface area contributed by atoms with E-state index in [0.717, 1.165) is 32.1 Å². The molecule has 1 N–H and O–H groups in total. The Kier molecular flexibility index (Phi) is 4.97. The van der Waals surface area contributed by atoms with Gasteiger partial charge in [0.05, 0.1) is 4.90 Å². The molecular formula is C18H26N2O3S. The lowest BCUT2D eigenvalue weighted by atomic mass is 9.96. The number of hydrogen-bond donors (Lipinski definition) is 1. The van der Waals surface area contributed by atoms with E-state index >= 15 is 0 Å². The molecule has 0 radical (unpaired) electrons. The number of nitrogens with zero attached hydrogens (tertiary/aromatic N) is 1. The summed E-state index contributed by atoms with van der Waals surface area (Å²) in [5.41, 5.74) is 0.651. The lowest BCUT2D eigenvalue weighted by molar-refractivity contribution is -0.117. The van der Waals surface area contributed by atoms with Gasteiger partial charge in [0.25, 0.3) is 0 Å². The van der Waals surface area contributed by atoms with Crippen molar-refractivity contribution < 1.29 is 13.2 Å². The van der Waals surface area contributed by atoms with Gasteiger partial charge in [-0.25, -0.2) is 8.42 Å². The van der Waals surface area contributed by atoms with E-state index in [-0.39, 0.29) is 22.8 Å². The zero-order valence-corrected chi connectivity index (χ0v) is 15.2. The summed E-state index contributed by atoms with van der Waals surface area (Å²) < 4.78 is 27.0. The number of rotatable bonds is 5. The second-order valence-corrected chi connectivity index (χ2v) is 9.14. The van der Waals surface area contributed by atoms with Crippen LogP contribution in [0.1, 0.15) is 45.4 Å². The molecule has 2 aliphatic carbocycles. The number of sulfonamides is 1. The quantitative estimate of drug-likeness (QED) is 0.886. The smallest absolute Gasteiger partial charge is 0.243 e. The molecule has 1 aromatic carbocycles. The molecule has 5 nitrogen and oxygen atoms in total. The minimum Gasteiger partial charge on any atom is -0.326 e. The molecule has 6 heteroatoms. The average molecular weight is 350 g/mol. The summed E-state index contributed by atoms with van der Waals surface area (Å²) >= 11 is 0. The maximum Gasteiger partial charge on any atom is 0.243 e. The van der Waals surface area contributed by atoms with Gasteiger partial charge in [0.15, 0.2) is 0 Å². The summed E-state index contributed by atoms with van der Waals surface area (Å²) in [6.07, 6.45) is 6.18. The largest absolute Gasteiger partial charge is 0.326 e. The number of hydrogen-bond acceptors (Lipinski definition) is 3. The first-order valence-electron chi connectivity index (χ1n) is 8.78. The van der Waals surface area contributed by atoms with Crippen LogP contribution in [-0.2, 0) is 14.8 Å². The summed E-state index contributed by atoms with van der Waals surface area (Å²) in [5.74, 6) is 0.581. The highest BCUT2D eigenvalue weighted by Crippen LogP contribution is 2.38. The van der Waals surface area contributed by atoms with Crippen LogP contribution >= 0.6 is 0 Å². The molecule has 2 atom stereocenters. The fourth-order valence-corrected chi connectivity index (χ4v) is 4.86. The second-order valence-electron chi connectivity index (χ2n) is 7.15. The third-order valence-electron chi connectivity index (χ3n) is 5.33. The van der Waals surface area contributed by atoms with Gasteiger partial charge in [-0.2, -0.15) is 4.31 Å². The molecule has 2 fully saturated rings. The molecule has 2 aliphatic rings. The number of nitrogens with one attached hydrogen (secondary N) is 1. The Morgan fingerprint density at radius 1 is 1.12 bits per heavy atom. The van der Waals surface area contributed by atoms with Crippen molar-refractivity contribution in [2.45, 2.75) is 56.4 Å². The number of amides is 1. The number of anilines is 1. The molecule has 0 heterocycles. The minimum absolute atomic E-state index is 0.0254. The van der Waals surface area contributed by atoms with Crippen molar-refractivity contribution in [3.8, 4) is 0 Å². The van der Waals surface area contributed by atoms with Crippen molar-refractivity contribution in [2.24, 2.45) is 11.8 Å². The highest BCUT2D eigenvalue weighted by Gasteiger charge is 2.39. The summed E-state index contributed by atoms with van der Waals surface area (Å²) in [7, 11) is -1.80. The highest BCUT2D eigenvalue weighted by atomic mass is 32.2. The van der Waals surface area contributed by atoms with Crippen molar-refractivity contribution in [1.29, 1.82) is 0 Å². The molecule has 0 saturated heterocycles. The Balaban J connectivity index is 1.68. The molecule has 0 aromatic heterocycles. The lowest BCUT2D eigenvalue weighted by Gasteiger charge is -2.30. The molecule has 0 aliphatic heterocycles. The Hall–Kier alpha value is -1.40. The van der Waals surface area contributed by atoms with Gasteiger partial charge >= 0.3 is 0 Å². The van der Waals surface area contributed by atoms with Crippen LogP contribution < -0.4 is 5.32 Å². The molecule has 0 spiro atoms. The molecule has 2 unspecified atom stereocenters. The zero-order valence-electron chi connectivity index (χ0n) is 14.4. The molecule has 132 valence electrons. The predicted molar refractivity (Wildman–Crippen MR) is 94.2 cm³/mol. The van der Waals surface area contributed by atoms with Crippen molar-refractivity contribution in [1.82, 2.24) is 4.31 Å². The van der Waals surface area contributed by atoms with Crippen LogP contribution in [-0.4, -0.2) is 31.7 Å². The molecule has 0 bridgehead atoms. The van der Waals surface area contributed by atoms with E-state index in [1.165, 1.54) is 10.7 Å². The third-order valence-corrected chi connectivity index (χ3v) is 7.26. The molecule has 3 rings (SSSR count). The number of benzene rings is 1. The monoisotopic (exact) mass is 350 g/mol. The highest BCUT2D eigenvalue weighted by molar-refractivity contribution is 7.89. The van der Waals surface area contributed by atoms with Crippen molar-refractivity contribution in [3.05, 3.63) is 24.3 Å². The average Bonchev–Trinajstić information content (AvgIpc) is 3.32. The Morgan fingerprint density at radius 2 is 1.71 bits per heavy atom. The SMILES string of the molecule is CC1CC1C(=O)Nc1ccc(S(=O)(=O)N(C)C2CCCCC2)cc1. The Bertz CT molecular complexity index is 693. The van der Waals surface area contributed by atoms with Crippen LogP contribution in [0.15, 0.2) is 29.2 Å². The summed E-state index contributed by atoms with van der Waals surface area (Å²) in [6, 6.07) is 6.61. The lowest BCUT2D eigenvalue weighted by Crippen LogP contribution is -2.38. The summed E-state index contributed by atoms with van der Waals surface area (Å²) in [5, 5.41) is 2.86. The van der Waals surface area contributed by atoms with Gasteiger partial charge in [0, 0.05) is 24.7 Å². The normalized spacial score (nSPS) is 24.8. The van der Waals surface area contributed by atoms with Crippen molar-refractivity contribution in [2.75, 3.05) is 12.4 Å². The molecule has 2 saturated carbocycles. The van der Waals surface area contributed by atoms with E-state index in [2.05, 4.69) is 12.2 Å². The van der Waals surface area contributed by atoms with E-state index in [4.69, 9.17) is 0 Å². The zero-order chi connectivity index (χ0) is 17.3. The topological polar surface area (TPSA) is 66.5 Å². The minimum atomic E-state index is -3.48. The third kappa shape index (κ3) is 3.64. The second kappa shape index (κ2) is 6.84. The predicted octanol–water partition coefficient (Wildman–Crippen LogP) is 3.23. The summed E-state index contributed by atoms with van der Waals surface area (Å²) in [6.45, 7) is 2.06. The Morgan fingerprint density at radius 3 is 2.25 bits per heavy atom. The van der Waals surface area contributed by atoms with Crippen LogP contribution in [0, 0.1) is 11.8 Å². The van der Waals surface area contributed by atoms with E-state index in [1.54, 1.807) is 31.3 Å². The van der Waals surface area contributed by atoms with Gasteiger partial charge in [-0.15, -0.1) is 0 Å². The molecule has 1 aromatic rings. The Labute approximate surface area is 144 Å². The van der Waals surface area contributed by atoms with Crippen LogP contribution in [0.2, 0.25) is 0 Å². The number of carbonyl (C=O) groups is 1. The van der Waals surface area contributed by atoms with Gasteiger partial charge in [-0.3, -0.25) is 4.79 Å². The summed E-state index contributed by atoms with van der Waals surface area (Å²) in [4.78, 5) is 12.2. The van der Waals surface area contributed by atoms with Gasteiger partial charge in [0.2, 0.25) is 15.9 Å². The maximum atomic E-state index is 12.8. The molecular weight excluding hydrogens is 324 g/mol. The number of carbonyl (C=O) groups excluding carboxylic acids is 1. The standard InChI is InChI=1S/C18H26N2O3S/c1-13-12-17(13)18(21)19-14-8-10-16(11-9-14)24(22,23)20(2)15-6-4-3-5-7-15/h8-11,13,15,17H,3-7,12H2,1-2H3,(H,19,21). The van der Waals surface area contributed by atoms with Gasteiger partial charge < -0.3 is 5.32 Å². The first kappa shape index (κ1) is 17.4. The van der Waals surface area contributed by atoms with E-state index < -0.39 is 10.0 Å². The van der Waals surface area contributed by atoms with Crippen LogP contribution in [0.25, 0.3) is 0 Å². The van der Waals surface area contributed by atoms with Gasteiger partial charge in [-0.1, -0.05) is 26.2 Å². The van der Waals surface area contributed by atoms with Crippen molar-refractivity contribution >= 4 is 21.6 Å². The van der Waals surface area contributed by atoms with Gasteiger partial charge in [-0.05, 0) is 49.4 Å². The first-order chi connectivity index (χ1) is 11.4.